The summed E-state index contributed by atoms with van der Waals surface area (Å²) in [6.07, 6.45) is 101. The molecular weight excluding hydrogens is 1040 g/mol. The highest BCUT2D eigenvalue weighted by Gasteiger charge is 2.52. The van der Waals surface area contributed by atoms with Gasteiger partial charge in [-0.25, -0.2) is 0 Å². The van der Waals surface area contributed by atoms with Crippen molar-refractivity contribution in [2.24, 2.45) is 0 Å². The van der Waals surface area contributed by atoms with Crippen LogP contribution in [0.3, 0.4) is 0 Å². The zero-order valence-corrected chi connectivity index (χ0v) is 57.1. The van der Waals surface area contributed by atoms with Gasteiger partial charge in [-0.1, -0.05) is 279 Å². The molecule has 0 amide bonds. The third-order valence-electron chi connectivity index (χ3n) is 17.6. The maximum absolute atomic E-state index is 6.57. The highest BCUT2D eigenvalue weighted by molar-refractivity contribution is 4.96. The lowest BCUT2D eigenvalue weighted by Crippen LogP contribution is -2.61. The summed E-state index contributed by atoms with van der Waals surface area (Å²) in [6, 6.07) is 0. The summed E-state index contributed by atoms with van der Waals surface area (Å²) in [5.74, 6) is -0.868. The van der Waals surface area contributed by atoms with Crippen molar-refractivity contribution in [1.82, 2.24) is 0 Å². The Morgan fingerprint density at radius 1 is 0.318 bits per heavy atom. The first-order valence-electron chi connectivity index (χ1n) is 37.3. The summed E-state index contributed by atoms with van der Waals surface area (Å²) in [6.45, 7) is 13.5. The first-order chi connectivity index (χ1) is 41.9. The molecule has 0 saturated carbocycles. The zero-order chi connectivity index (χ0) is 60.9. The van der Waals surface area contributed by atoms with E-state index in [0.29, 0.717) is 6.54 Å². The molecule has 3 fully saturated rings. The summed E-state index contributed by atoms with van der Waals surface area (Å²) < 4.78 is 30.5. The van der Waals surface area contributed by atoms with Crippen LogP contribution in [0.5, 0.6) is 0 Å². The number of aliphatic hydroxyl groups is 2. The predicted molar refractivity (Wildman–Crippen MR) is 372 cm³/mol. The molecule has 4 N–H and O–H groups in total. The Morgan fingerprint density at radius 2 is 0.553 bits per heavy atom. The van der Waals surface area contributed by atoms with Gasteiger partial charge in [0.2, 0.25) is 11.6 Å². The van der Waals surface area contributed by atoms with Crippen molar-refractivity contribution in [3.05, 3.63) is 97.2 Å². The molecule has 0 aromatic carbocycles. The molecular formula is C79H143NO5+2. The topological polar surface area (TPSA) is 77.4 Å². The van der Waals surface area contributed by atoms with E-state index in [0.717, 1.165) is 71.0 Å². The van der Waals surface area contributed by atoms with Crippen molar-refractivity contribution in [1.29, 1.82) is 0 Å². The second kappa shape index (κ2) is 59.3. The van der Waals surface area contributed by atoms with Gasteiger partial charge >= 0.3 is 0 Å². The lowest BCUT2D eigenvalue weighted by molar-refractivity contribution is -0.425. The Morgan fingerprint density at radius 3 is 0.788 bits per heavy atom. The molecule has 3 rings (SSSR count). The van der Waals surface area contributed by atoms with Gasteiger partial charge in [-0.05, 0) is 161 Å². The van der Waals surface area contributed by atoms with E-state index in [4.69, 9.17) is 18.9 Å². The van der Waals surface area contributed by atoms with Gasteiger partial charge in [-0.2, -0.15) is 0 Å². The standard InChI is InChI=1S/C40H70O3.C39H71NO2/c1-3-5-7-9-11-13-15-17-19-21-23-25-27-29-31-33-38-39(43-40(42-38)35-36-41-37-40)34-32-30-28-26-24-22-20-18-16-14-12-10-8-6-4-2;1-4-6-8-10-12-14-16-18-20-22-24-26-28-30-32-34-37-38(42-39(3,36-40)41-37)35-33-31-29-27-25-23-21-19-17-15-13-11-9-7-5-2/h11-14,17-20,38-39H,3-10,15-16,21-37H2,1-2H3;12-15,18-21,37-38H,4-11,16-17,22-36,40H2,1-3H3/p+2/b13-11-,14-12-,19-17-,20-18-;14-12-,15-13-,20-18-,21-19-. The molecule has 0 bridgehead atoms. The predicted octanol–water partition coefficient (Wildman–Crippen LogP) is 23.4. The summed E-state index contributed by atoms with van der Waals surface area (Å²) in [7, 11) is 0. The summed E-state index contributed by atoms with van der Waals surface area (Å²) in [5, 5.41) is 0. The van der Waals surface area contributed by atoms with Gasteiger partial charge in [-0.3, -0.25) is 0 Å². The number of ether oxygens (including phenoxy) is 5. The second-order valence-electron chi connectivity index (χ2n) is 25.9. The molecule has 0 aromatic heterocycles. The fourth-order valence-corrected chi connectivity index (χ4v) is 12.0. The Balaban J connectivity index is 0.000000580. The zero-order valence-electron chi connectivity index (χ0n) is 57.1. The molecule has 3 saturated heterocycles. The summed E-state index contributed by atoms with van der Waals surface area (Å²) in [4.78, 5) is 0. The molecule has 85 heavy (non-hydrogen) atoms. The highest BCUT2D eigenvalue weighted by Crippen LogP contribution is 2.39. The average Bonchev–Trinajstić information content (AvgIpc) is 2.65. The molecule has 0 aromatic rings. The maximum Gasteiger partial charge on any atom is 0.247 e. The Bertz CT molecular complexity index is 1560. The van der Waals surface area contributed by atoms with E-state index in [9.17, 15) is 0 Å². The van der Waals surface area contributed by atoms with Crippen LogP contribution in [0.4, 0.5) is 0 Å². The summed E-state index contributed by atoms with van der Waals surface area (Å²) >= 11 is 0. The van der Waals surface area contributed by atoms with Gasteiger partial charge in [0.05, 0.1) is 30.8 Å². The van der Waals surface area contributed by atoms with E-state index in [1.807, 2.05) is 0 Å². The van der Waals surface area contributed by atoms with Crippen molar-refractivity contribution in [2.45, 2.75) is 385 Å². The largest absolute Gasteiger partial charge is 0.430 e. The van der Waals surface area contributed by atoms with Crippen molar-refractivity contribution in [3.8, 4) is 0 Å². The number of unbranched alkanes of at least 4 members (excludes halogenated alkanes) is 32. The lowest BCUT2D eigenvalue weighted by Gasteiger charge is -2.18. The lowest BCUT2D eigenvalue weighted by atomic mass is 9.99. The first-order valence-corrected chi connectivity index (χ1v) is 37.3. The van der Waals surface area contributed by atoms with Gasteiger partial charge in [-0.15, -0.1) is 0 Å². The fourth-order valence-electron chi connectivity index (χ4n) is 12.0. The molecule has 3 heterocycles. The first kappa shape index (κ1) is 78.8. The molecule has 3 aliphatic heterocycles. The monoisotopic (exact) mass is 1190 g/mol. The highest BCUT2D eigenvalue weighted by atomic mass is 16.8. The van der Waals surface area contributed by atoms with Crippen LogP contribution in [0.25, 0.3) is 0 Å². The third kappa shape index (κ3) is 46.4. The Kier molecular flexibility index (Phi) is 55.0. The van der Waals surface area contributed by atoms with Crippen molar-refractivity contribution in [2.75, 3.05) is 19.8 Å². The molecule has 492 valence electrons. The quantitative estimate of drug-likeness (QED) is 0.0374. The minimum Gasteiger partial charge on any atom is -0.430 e. The second-order valence-corrected chi connectivity index (χ2v) is 25.9. The van der Waals surface area contributed by atoms with Gasteiger partial charge in [0.25, 0.3) is 0 Å². The number of allylic oxidation sites excluding steroid dienone is 16. The average molecular weight is 1190 g/mol. The smallest absolute Gasteiger partial charge is 0.247 e. The molecule has 4 atom stereocenters. The van der Waals surface area contributed by atoms with E-state index in [-0.39, 0.29) is 30.2 Å². The SMILES string of the molecule is CCCCC/C=C\C/C=C\CCCCCCCC1OC(C)(C[NH3+])OC1CCCCCCC/C=C\C/C=C\CCCCC.CCCCC/C=C\C/C=C\CCCCCCCC1OC2(CC[OH+]C2)OC1CCCCCCC/C=C\C/C=C\CCCCC. The number of hydrogen-bond donors (Lipinski definition) is 1. The van der Waals surface area contributed by atoms with E-state index in [1.54, 1.807) is 0 Å². The Labute approximate surface area is 529 Å². The number of hydrogen-bond acceptors (Lipinski definition) is 4. The van der Waals surface area contributed by atoms with Gasteiger partial charge < -0.3 is 29.4 Å². The van der Waals surface area contributed by atoms with Crippen LogP contribution in [0, 0.1) is 0 Å². The van der Waals surface area contributed by atoms with E-state index < -0.39 is 5.79 Å². The molecule has 1 spiro atoms. The molecule has 3 aliphatic rings. The Hall–Kier alpha value is -2.32. The summed E-state index contributed by atoms with van der Waals surface area (Å²) in [5.41, 5.74) is 4.09. The minimum absolute atomic E-state index is 0.251. The van der Waals surface area contributed by atoms with Crippen LogP contribution in [0.1, 0.15) is 349 Å². The van der Waals surface area contributed by atoms with E-state index in [1.165, 1.54) is 257 Å². The van der Waals surface area contributed by atoms with Crippen LogP contribution in [-0.2, 0) is 18.9 Å². The van der Waals surface area contributed by atoms with Crippen molar-refractivity contribution < 1.29 is 29.4 Å². The normalized spacial score (nSPS) is 22.0. The van der Waals surface area contributed by atoms with Crippen LogP contribution < -0.4 is 5.73 Å². The molecule has 0 radical (unpaired) electrons. The molecule has 0 aliphatic carbocycles. The van der Waals surface area contributed by atoms with Crippen LogP contribution in [0.15, 0.2) is 97.2 Å². The van der Waals surface area contributed by atoms with Crippen molar-refractivity contribution in [3.63, 3.8) is 0 Å². The van der Waals surface area contributed by atoms with Gasteiger partial charge in [0, 0.05) is 0 Å². The molecule has 6 nitrogen and oxygen atoms in total. The van der Waals surface area contributed by atoms with Crippen LogP contribution in [-0.4, -0.2) is 60.5 Å². The van der Waals surface area contributed by atoms with E-state index >= 15 is 0 Å². The van der Waals surface area contributed by atoms with Crippen LogP contribution >= 0.6 is 0 Å². The molecule has 4 unspecified atom stereocenters. The number of quaternary nitrogens is 1. The van der Waals surface area contributed by atoms with Gasteiger partial charge in [0.1, 0.15) is 13.2 Å². The third-order valence-corrected chi connectivity index (χ3v) is 17.6. The van der Waals surface area contributed by atoms with Gasteiger partial charge in [0.15, 0.2) is 6.61 Å². The molecule has 6 heteroatoms. The van der Waals surface area contributed by atoms with Crippen molar-refractivity contribution >= 4 is 0 Å². The number of rotatable bonds is 57. The fraction of sp³-hybridized carbons (Fsp3) is 0.797. The van der Waals surface area contributed by atoms with Crippen LogP contribution in [0.2, 0.25) is 0 Å². The maximum atomic E-state index is 6.57. The minimum atomic E-state index is -0.483. The van der Waals surface area contributed by atoms with E-state index in [2.05, 4.69) is 142 Å².